The Balaban J connectivity index is 2.78. The van der Waals surface area contributed by atoms with E-state index in [2.05, 4.69) is 33.9 Å². The van der Waals surface area contributed by atoms with Crippen LogP contribution in [-0.2, 0) is 19.2 Å². The number of primary amides is 1. The zero-order valence-corrected chi connectivity index (χ0v) is 23.1. The summed E-state index contributed by atoms with van der Waals surface area (Å²) >= 11 is 4.16. The predicted octanol–water partition coefficient (Wildman–Crippen LogP) is -2.28. The fourth-order valence-corrected chi connectivity index (χ4v) is 3.90. The number of aliphatic hydroxyl groups excluding tert-OH is 1. The molecule has 0 saturated heterocycles. The summed E-state index contributed by atoms with van der Waals surface area (Å²) in [4.78, 5) is 50.4. The van der Waals surface area contributed by atoms with Crippen molar-refractivity contribution in [2.24, 2.45) is 22.9 Å². The fraction of sp³-hybridized carbons (Fsp3) is 0.600. The first-order chi connectivity index (χ1) is 18.6. The van der Waals surface area contributed by atoms with Crippen LogP contribution in [0.15, 0.2) is 30.3 Å². The van der Waals surface area contributed by atoms with Crippen molar-refractivity contribution in [3.8, 4) is 0 Å². The van der Waals surface area contributed by atoms with Crippen LogP contribution in [0.5, 0.6) is 0 Å². The third kappa shape index (κ3) is 13.2. The van der Waals surface area contributed by atoms with E-state index in [9.17, 15) is 24.3 Å². The van der Waals surface area contributed by atoms with Crippen molar-refractivity contribution in [2.45, 2.75) is 68.9 Å². The largest absolute Gasteiger partial charge is 0.374 e. The zero-order chi connectivity index (χ0) is 29.2. The number of hydrogen-bond donors (Lipinski definition) is 10. The molecule has 0 bridgehead atoms. The van der Waals surface area contributed by atoms with Gasteiger partial charge in [-0.2, -0.15) is 12.6 Å². The highest BCUT2D eigenvalue weighted by molar-refractivity contribution is 7.80. The van der Waals surface area contributed by atoms with Crippen LogP contribution < -0.4 is 44.2 Å². The SMILES string of the molecule is NCCCC[C@H](NC(=O)[C@H](CS)NC(=O)[C@H](CCCCN)NC(=O)[C@@H](N)CNC(O)c1ccccc1)C(N)=O. The Labute approximate surface area is 235 Å². The van der Waals surface area contributed by atoms with Gasteiger partial charge in [-0.25, -0.2) is 0 Å². The van der Waals surface area contributed by atoms with Crippen LogP contribution in [0.2, 0.25) is 0 Å². The molecule has 0 radical (unpaired) electrons. The molecule has 1 aromatic rings. The highest BCUT2D eigenvalue weighted by atomic mass is 32.1. The standard InChI is InChI=1S/C25H44N8O5S/c26-12-6-4-10-18(21(29)34)31-25(38)20(15-39)33-24(37)19(11-5-7-13-27)32-23(36)17(28)14-30-22(35)16-8-2-1-3-9-16/h1-3,8-9,17-20,22,30,35,39H,4-7,10-15,26-28H2,(H2,29,34)(H,31,38)(H,32,36)(H,33,37)/t17-,18-,19-,20-,22?/m0/s1. The monoisotopic (exact) mass is 568 g/mol. The van der Waals surface area contributed by atoms with Gasteiger partial charge in [-0.15, -0.1) is 0 Å². The van der Waals surface area contributed by atoms with E-state index in [1.54, 1.807) is 24.3 Å². The van der Waals surface area contributed by atoms with Crippen molar-refractivity contribution >= 4 is 36.3 Å². The van der Waals surface area contributed by atoms with E-state index in [1.807, 2.05) is 6.07 Å². The molecule has 0 spiro atoms. The van der Waals surface area contributed by atoms with Crippen molar-refractivity contribution in [1.29, 1.82) is 0 Å². The molecule has 0 aromatic heterocycles. The lowest BCUT2D eigenvalue weighted by atomic mass is 10.1. The van der Waals surface area contributed by atoms with Crippen molar-refractivity contribution < 1.29 is 24.3 Å². The summed E-state index contributed by atoms with van der Waals surface area (Å²) in [7, 11) is 0. The van der Waals surface area contributed by atoms with E-state index in [-0.39, 0.29) is 18.7 Å². The predicted molar refractivity (Wildman–Crippen MR) is 152 cm³/mol. The molecule has 39 heavy (non-hydrogen) atoms. The molecular weight excluding hydrogens is 524 g/mol. The lowest BCUT2D eigenvalue weighted by Crippen LogP contribution is -2.58. The second-order valence-electron chi connectivity index (χ2n) is 9.17. The van der Waals surface area contributed by atoms with E-state index in [0.29, 0.717) is 50.8 Å². The summed E-state index contributed by atoms with van der Waals surface area (Å²) in [6.07, 6.45) is 1.96. The van der Waals surface area contributed by atoms with Gasteiger partial charge in [-0.05, 0) is 57.2 Å². The van der Waals surface area contributed by atoms with Crippen molar-refractivity contribution in [2.75, 3.05) is 25.4 Å². The van der Waals surface area contributed by atoms with Crippen LogP contribution in [0.1, 0.15) is 50.3 Å². The van der Waals surface area contributed by atoms with Crippen LogP contribution in [0.25, 0.3) is 0 Å². The molecule has 13 nitrogen and oxygen atoms in total. The van der Waals surface area contributed by atoms with Crippen LogP contribution >= 0.6 is 12.6 Å². The Morgan fingerprint density at radius 1 is 0.795 bits per heavy atom. The summed E-state index contributed by atoms with van der Waals surface area (Å²) in [5.41, 5.74) is 23.0. The summed E-state index contributed by atoms with van der Waals surface area (Å²) < 4.78 is 0. The van der Waals surface area contributed by atoms with E-state index in [4.69, 9.17) is 22.9 Å². The Morgan fingerprint density at radius 3 is 1.85 bits per heavy atom. The number of benzene rings is 1. The summed E-state index contributed by atoms with van der Waals surface area (Å²) in [5.74, 6) is -2.61. The van der Waals surface area contributed by atoms with E-state index in [0.717, 1.165) is 0 Å². The molecule has 4 amide bonds. The number of rotatable bonds is 20. The van der Waals surface area contributed by atoms with Crippen molar-refractivity contribution in [1.82, 2.24) is 21.3 Å². The van der Waals surface area contributed by atoms with Gasteiger partial charge in [0.1, 0.15) is 24.4 Å². The number of carbonyl (C=O) groups is 4. The number of aliphatic hydroxyl groups is 1. The highest BCUT2D eigenvalue weighted by Crippen LogP contribution is 2.09. The molecule has 0 aliphatic rings. The second kappa shape index (κ2) is 19.3. The molecule has 1 unspecified atom stereocenters. The lowest BCUT2D eigenvalue weighted by Gasteiger charge is -2.25. The minimum atomic E-state index is -1.08. The molecule has 0 aliphatic carbocycles. The maximum absolute atomic E-state index is 13.1. The number of nitrogens with two attached hydrogens (primary N) is 4. The maximum atomic E-state index is 13.1. The van der Waals surface area contributed by atoms with Crippen LogP contribution in [0.4, 0.5) is 0 Å². The zero-order valence-electron chi connectivity index (χ0n) is 22.2. The van der Waals surface area contributed by atoms with Gasteiger partial charge in [-0.3, -0.25) is 24.5 Å². The molecule has 0 aliphatic heterocycles. The molecule has 14 heteroatoms. The molecular formula is C25H44N8O5S. The Kier molecular flexibility index (Phi) is 17.0. The third-order valence-corrected chi connectivity index (χ3v) is 6.35. The fourth-order valence-electron chi connectivity index (χ4n) is 3.64. The molecule has 0 heterocycles. The minimum absolute atomic E-state index is 0.0562. The van der Waals surface area contributed by atoms with Crippen molar-refractivity contribution in [3.63, 3.8) is 0 Å². The van der Waals surface area contributed by atoms with Gasteiger partial charge in [0.25, 0.3) is 0 Å². The van der Waals surface area contributed by atoms with Gasteiger partial charge in [0.15, 0.2) is 0 Å². The van der Waals surface area contributed by atoms with E-state index >= 15 is 0 Å². The minimum Gasteiger partial charge on any atom is -0.374 e. The van der Waals surface area contributed by atoms with Crippen LogP contribution in [-0.4, -0.2) is 78.3 Å². The Hall–Kier alpha value is -2.75. The summed E-state index contributed by atoms with van der Waals surface area (Å²) in [6, 6.07) is 4.73. The summed E-state index contributed by atoms with van der Waals surface area (Å²) in [6.45, 7) is 0.794. The van der Waals surface area contributed by atoms with Gasteiger partial charge in [-0.1, -0.05) is 30.3 Å². The Bertz CT molecular complexity index is 894. The first-order valence-electron chi connectivity index (χ1n) is 13.1. The van der Waals surface area contributed by atoms with E-state index in [1.165, 1.54) is 0 Å². The molecule has 1 aromatic carbocycles. The molecule has 0 saturated carbocycles. The Morgan fingerprint density at radius 2 is 1.31 bits per heavy atom. The van der Waals surface area contributed by atoms with Gasteiger partial charge >= 0.3 is 0 Å². The smallest absolute Gasteiger partial charge is 0.244 e. The van der Waals surface area contributed by atoms with E-state index < -0.39 is 54.0 Å². The molecule has 220 valence electrons. The van der Waals surface area contributed by atoms with Gasteiger partial charge < -0.3 is 44.0 Å². The van der Waals surface area contributed by atoms with Crippen LogP contribution in [0.3, 0.4) is 0 Å². The topological polar surface area (TPSA) is 241 Å². The second-order valence-corrected chi connectivity index (χ2v) is 9.53. The molecule has 13 N–H and O–H groups in total. The number of hydrogen-bond acceptors (Lipinski definition) is 10. The lowest BCUT2D eigenvalue weighted by molar-refractivity contribution is -0.133. The number of thiol groups is 1. The van der Waals surface area contributed by atoms with Crippen LogP contribution in [0, 0.1) is 0 Å². The van der Waals surface area contributed by atoms with Gasteiger partial charge in [0.2, 0.25) is 23.6 Å². The number of nitrogens with one attached hydrogen (secondary N) is 4. The number of carbonyl (C=O) groups excluding carboxylic acids is 4. The average Bonchev–Trinajstić information content (AvgIpc) is 2.93. The highest BCUT2D eigenvalue weighted by Gasteiger charge is 2.29. The average molecular weight is 569 g/mol. The molecule has 0 fully saturated rings. The number of unbranched alkanes of at least 4 members (excludes halogenated alkanes) is 2. The molecule has 1 rings (SSSR count). The third-order valence-electron chi connectivity index (χ3n) is 5.99. The van der Waals surface area contributed by atoms with Gasteiger partial charge in [0, 0.05) is 12.3 Å². The first kappa shape index (κ1) is 34.3. The maximum Gasteiger partial charge on any atom is 0.244 e. The quantitative estimate of drug-likeness (QED) is 0.0462. The van der Waals surface area contributed by atoms with Crippen molar-refractivity contribution in [3.05, 3.63) is 35.9 Å². The normalized spacial score (nSPS) is 14.9. The summed E-state index contributed by atoms with van der Waals surface area (Å²) in [5, 5.41) is 20.8. The van der Waals surface area contributed by atoms with Gasteiger partial charge in [0.05, 0.1) is 6.04 Å². The first-order valence-corrected chi connectivity index (χ1v) is 13.7. The molecule has 5 atom stereocenters. The number of amides is 4.